The van der Waals surface area contributed by atoms with Crippen LogP contribution in [0.25, 0.3) is 0 Å². The summed E-state index contributed by atoms with van der Waals surface area (Å²) in [6, 6.07) is 29.6. The number of primary amides is 1. The molecule has 4 nitrogen and oxygen atoms in total. The molecule has 1 amide bonds. The summed E-state index contributed by atoms with van der Waals surface area (Å²) in [5, 5.41) is 10.7. The summed E-state index contributed by atoms with van der Waals surface area (Å²) < 4.78 is 0. The average Bonchev–Trinajstić information content (AvgIpc) is 2.73. The largest absolute Gasteiger partial charge is 0.382 e. The van der Waals surface area contributed by atoms with Crippen molar-refractivity contribution < 1.29 is 9.90 Å². The number of hydrogen-bond acceptors (Lipinski definition) is 3. The Balaban J connectivity index is 1.92. The number of rotatable bonds is 9. The van der Waals surface area contributed by atoms with Crippen molar-refractivity contribution >= 4 is 5.91 Å². The van der Waals surface area contributed by atoms with Gasteiger partial charge >= 0.3 is 0 Å². The Kier molecular flexibility index (Phi) is 6.95. The van der Waals surface area contributed by atoms with Gasteiger partial charge in [-0.3, -0.25) is 9.69 Å². The molecule has 0 bridgehead atoms. The van der Waals surface area contributed by atoms with Crippen molar-refractivity contribution in [2.75, 3.05) is 0 Å². The summed E-state index contributed by atoms with van der Waals surface area (Å²) in [6.45, 7) is 1.22. The first-order chi connectivity index (χ1) is 13.6. The Bertz CT molecular complexity index is 812. The monoisotopic (exact) mass is 374 g/mol. The Morgan fingerprint density at radius 3 is 1.54 bits per heavy atom. The van der Waals surface area contributed by atoms with Crippen LogP contribution in [0, 0.1) is 0 Å². The fraction of sp³-hybridized carbons (Fsp3) is 0.208. The summed E-state index contributed by atoms with van der Waals surface area (Å²) in [7, 11) is 0. The van der Waals surface area contributed by atoms with E-state index in [2.05, 4.69) is 4.90 Å². The molecule has 28 heavy (non-hydrogen) atoms. The molecule has 0 saturated heterocycles. The van der Waals surface area contributed by atoms with Crippen molar-refractivity contribution in [1.29, 1.82) is 0 Å². The Hall–Kier alpha value is -2.95. The SMILES string of the molecule is NC(=O)[C@H](O)[C@H](Cc1ccccc1)N(Cc1ccccc1)Cc1ccccc1. The smallest absolute Gasteiger partial charge is 0.247 e. The molecule has 0 aliphatic rings. The highest BCUT2D eigenvalue weighted by atomic mass is 16.3. The maximum atomic E-state index is 11.9. The molecule has 3 N–H and O–H groups in total. The van der Waals surface area contributed by atoms with Crippen molar-refractivity contribution in [1.82, 2.24) is 4.90 Å². The van der Waals surface area contributed by atoms with E-state index in [0.29, 0.717) is 19.5 Å². The summed E-state index contributed by atoms with van der Waals surface area (Å²) >= 11 is 0. The third-order valence-electron chi connectivity index (χ3n) is 4.87. The lowest BCUT2D eigenvalue weighted by atomic mass is 9.97. The minimum Gasteiger partial charge on any atom is -0.382 e. The second-order valence-electron chi connectivity index (χ2n) is 6.98. The minimum absolute atomic E-state index is 0.430. The summed E-state index contributed by atoms with van der Waals surface area (Å²) in [6.07, 6.45) is -0.724. The van der Waals surface area contributed by atoms with Crippen LogP contribution in [0.3, 0.4) is 0 Å². The maximum absolute atomic E-state index is 11.9. The molecule has 0 radical (unpaired) electrons. The fourth-order valence-electron chi connectivity index (χ4n) is 3.41. The van der Waals surface area contributed by atoms with Gasteiger partial charge in [-0.1, -0.05) is 91.0 Å². The van der Waals surface area contributed by atoms with E-state index in [9.17, 15) is 9.90 Å². The summed E-state index contributed by atoms with van der Waals surface area (Å²) in [4.78, 5) is 14.0. The van der Waals surface area contributed by atoms with Crippen LogP contribution in [0.4, 0.5) is 0 Å². The molecule has 3 aromatic rings. The Morgan fingerprint density at radius 1 is 0.750 bits per heavy atom. The Labute approximate surface area is 166 Å². The van der Waals surface area contributed by atoms with E-state index in [1.165, 1.54) is 0 Å². The van der Waals surface area contributed by atoms with E-state index >= 15 is 0 Å². The molecule has 2 atom stereocenters. The van der Waals surface area contributed by atoms with Gasteiger partial charge in [-0.25, -0.2) is 0 Å². The van der Waals surface area contributed by atoms with Crippen LogP contribution in [0.15, 0.2) is 91.0 Å². The second kappa shape index (κ2) is 9.83. The number of hydrogen-bond donors (Lipinski definition) is 2. The molecule has 3 aromatic carbocycles. The molecule has 0 unspecified atom stereocenters. The highest BCUT2D eigenvalue weighted by Gasteiger charge is 2.30. The number of nitrogens with zero attached hydrogens (tertiary/aromatic N) is 1. The summed E-state index contributed by atoms with van der Waals surface area (Å²) in [5.41, 5.74) is 8.79. The topological polar surface area (TPSA) is 66.6 Å². The van der Waals surface area contributed by atoms with Gasteiger partial charge in [0.1, 0.15) is 6.10 Å². The third-order valence-corrected chi connectivity index (χ3v) is 4.87. The van der Waals surface area contributed by atoms with Gasteiger partial charge in [0.2, 0.25) is 5.91 Å². The van der Waals surface area contributed by atoms with Crippen LogP contribution in [0.5, 0.6) is 0 Å². The van der Waals surface area contributed by atoms with Crippen LogP contribution in [0.2, 0.25) is 0 Å². The number of carbonyl (C=O) groups is 1. The molecule has 0 heterocycles. The van der Waals surface area contributed by atoms with E-state index in [1.807, 2.05) is 91.0 Å². The van der Waals surface area contributed by atoms with Gasteiger partial charge in [0, 0.05) is 19.1 Å². The van der Waals surface area contributed by atoms with Crippen LogP contribution in [-0.4, -0.2) is 28.1 Å². The normalized spacial score (nSPS) is 13.2. The van der Waals surface area contributed by atoms with Crippen molar-refractivity contribution in [3.63, 3.8) is 0 Å². The maximum Gasteiger partial charge on any atom is 0.247 e. The second-order valence-corrected chi connectivity index (χ2v) is 6.98. The molecule has 0 fully saturated rings. The quantitative estimate of drug-likeness (QED) is 0.605. The zero-order valence-corrected chi connectivity index (χ0v) is 15.8. The van der Waals surface area contributed by atoms with E-state index in [1.54, 1.807) is 0 Å². The van der Waals surface area contributed by atoms with Gasteiger partial charge in [0.15, 0.2) is 0 Å². The van der Waals surface area contributed by atoms with Crippen LogP contribution < -0.4 is 5.73 Å². The molecule has 0 aliphatic heterocycles. The zero-order chi connectivity index (χ0) is 19.8. The van der Waals surface area contributed by atoms with Crippen LogP contribution in [-0.2, 0) is 24.3 Å². The summed E-state index contributed by atoms with van der Waals surface area (Å²) in [5.74, 6) is -0.702. The van der Waals surface area contributed by atoms with Gasteiger partial charge in [-0.15, -0.1) is 0 Å². The van der Waals surface area contributed by atoms with Crippen molar-refractivity contribution in [2.45, 2.75) is 31.7 Å². The lowest BCUT2D eigenvalue weighted by Gasteiger charge is -2.34. The van der Waals surface area contributed by atoms with Gasteiger partial charge in [0.05, 0.1) is 0 Å². The number of aliphatic hydroxyl groups excluding tert-OH is 1. The van der Waals surface area contributed by atoms with Gasteiger partial charge in [-0.05, 0) is 23.1 Å². The molecule has 0 saturated carbocycles. The van der Waals surface area contributed by atoms with Gasteiger partial charge < -0.3 is 10.8 Å². The molecule has 4 heteroatoms. The molecular formula is C24H26N2O2. The molecule has 0 aliphatic carbocycles. The number of benzene rings is 3. The van der Waals surface area contributed by atoms with Gasteiger partial charge in [0.25, 0.3) is 0 Å². The van der Waals surface area contributed by atoms with Crippen molar-refractivity contribution in [2.24, 2.45) is 5.73 Å². The number of amides is 1. The molecule has 0 spiro atoms. The fourth-order valence-corrected chi connectivity index (χ4v) is 3.41. The predicted octanol–water partition coefficient (Wildman–Crippen LogP) is 3.15. The highest BCUT2D eigenvalue weighted by Crippen LogP contribution is 2.19. The third kappa shape index (κ3) is 5.52. The predicted molar refractivity (Wildman–Crippen MR) is 111 cm³/mol. The molecular weight excluding hydrogens is 348 g/mol. The lowest BCUT2D eigenvalue weighted by Crippen LogP contribution is -2.50. The number of aliphatic hydroxyl groups is 1. The minimum atomic E-state index is -1.26. The number of carbonyl (C=O) groups excluding carboxylic acids is 1. The van der Waals surface area contributed by atoms with Crippen molar-refractivity contribution in [3.05, 3.63) is 108 Å². The van der Waals surface area contributed by atoms with Crippen LogP contribution >= 0.6 is 0 Å². The number of nitrogens with two attached hydrogens (primary N) is 1. The van der Waals surface area contributed by atoms with E-state index < -0.39 is 18.1 Å². The first-order valence-electron chi connectivity index (χ1n) is 9.46. The average molecular weight is 374 g/mol. The first kappa shape index (κ1) is 19.8. The van der Waals surface area contributed by atoms with E-state index in [4.69, 9.17) is 5.73 Å². The van der Waals surface area contributed by atoms with Gasteiger partial charge in [-0.2, -0.15) is 0 Å². The molecule has 0 aromatic heterocycles. The van der Waals surface area contributed by atoms with E-state index in [0.717, 1.165) is 16.7 Å². The molecule has 144 valence electrons. The lowest BCUT2D eigenvalue weighted by molar-refractivity contribution is -0.130. The first-order valence-corrected chi connectivity index (χ1v) is 9.46. The highest BCUT2D eigenvalue weighted by molar-refractivity contribution is 5.79. The van der Waals surface area contributed by atoms with Crippen LogP contribution in [0.1, 0.15) is 16.7 Å². The van der Waals surface area contributed by atoms with Crippen molar-refractivity contribution in [3.8, 4) is 0 Å². The zero-order valence-electron chi connectivity index (χ0n) is 15.8. The Morgan fingerprint density at radius 2 is 1.14 bits per heavy atom. The molecule has 3 rings (SSSR count). The van der Waals surface area contributed by atoms with E-state index in [-0.39, 0.29) is 0 Å². The standard InChI is InChI=1S/C24H26N2O2/c25-24(28)23(27)22(16-19-10-4-1-5-11-19)26(17-20-12-6-2-7-13-20)18-21-14-8-3-9-15-21/h1-15,22-23,27H,16-18H2,(H2,25,28)/t22-,23+/m0/s1.